The first-order valence-electron chi connectivity index (χ1n) is 11.7. The summed E-state index contributed by atoms with van der Waals surface area (Å²) in [6.07, 6.45) is 4.54. The Balaban J connectivity index is 1.81. The van der Waals surface area contributed by atoms with Gasteiger partial charge < -0.3 is 5.32 Å². The summed E-state index contributed by atoms with van der Waals surface area (Å²) in [5, 5.41) is 5.25. The van der Waals surface area contributed by atoms with Gasteiger partial charge >= 0.3 is 0 Å². The smallest absolute Gasteiger partial charge is 0.248 e. The Bertz CT molecular complexity index is 1080. The second-order valence-corrected chi connectivity index (χ2v) is 10.1. The summed E-state index contributed by atoms with van der Waals surface area (Å²) in [7, 11) is 0. The molecule has 1 saturated carbocycles. The molecular formula is C28H32N2O2S. The minimum atomic E-state index is -0.724. The molecule has 4 rings (SSSR count). The van der Waals surface area contributed by atoms with Crippen molar-refractivity contribution < 1.29 is 9.59 Å². The van der Waals surface area contributed by atoms with Crippen molar-refractivity contribution in [3.63, 3.8) is 0 Å². The van der Waals surface area contributed by atoms with Gasteiger partial charge in [0.1, 0.15) is 6.04 Å². The Kier molecular flexibility index (Phi) is 7.29. The molecule has 1 aliphatic rings. The van der Waals surface area contributed by atoms with Crippen molar-refractivity contribution in [2.45, 2.75) is 65.0 Å². The third-order valence-corrected chi connectivity index (χ3v) is 7.33. The number of aryl methyl sites for hydroxylation is 3. The zero-order chi connectivity index (χ0) is 23.4. The summed E-state index contributed by atoms with van der Waals surface area (Å²) in [5.41, 5.74) is 4.75. The lowest BCUT2D eigenvalue weighted by Gasteiger charge is -2.34. The van der Waals surface area contributed by atoms with Crippen LogP contribution in [-0.2, 0) is 16.0 Å². The summed E-state index contributed by atoms with van der Waals surface area (Å²) in [6, 6.07) is 17.4. The maximum atomic E-state index is 13.9. The van der Waals surface area contributed by atoms with Crippen molar-refractivity contribution in [1.82, 2.24) is 5.32 Å². The molecule has 2 amide bonds. The average molecular weight is 461 g/mol. The van der Waals surface area contributed by atoms with Gasteiger partial charge in [0.25, 0.3) is 0 Å². The predicted molar refractivity (Wildman–Crippen MR) is 136 cm³/mol. The van der Waals surface area contributed by atoms with Gasteiger partial charge in [-0.3, -0.25) is 14.5 Å². The van der Waals surface area contributed by atoms with E-state index in [4.69, 9.17) is 0 Å². The van der Waals surface area contributed by atoms with Gasteiger partial charge in [0.15, 0.2) is 0 Å². The van der Waals surface area contributed by atoms with E-state index in [1.165, 1.54) is 0 Å². The van der Waals surface area contributed by atoms with Crippen LogP contribution < -0.4 is 10.2 Å². The molecular weight excluding hydrogens is 428 g/mol. The van der Waals surface area contributed by atoms with Crippen molar-refractivity contribution in [3.8, 4) is 0 Å². The third-order valence-electron chi connectivity index (χ3n) is 6.46. The topological polar surface area (TPSA) is 49.4 Å². The van der Waals surface area contributed by atoms with Gasteiger partial charge in [0, 0.05) is 10.9 Å². The van der Waals surface area contributed by atoms with Crippen LogP contribution in [-0.4, -0.2) is 17.9 Å². The highest BCUT2D eigenvalue weighted by Gasteiger charge is 2.35. The highest BCUT2D eigenvalue weighted by Crippen LogP contribution is 2.34. The first-order chi connectivity index (χ1) is 15.9. The molecule has 0 spiro atoms. The first kappa shape index (κ1) is 23.2. The van der Waals surface area contributed by atoms with E-state index < -0.39 is 6.04 Å². The molecule has 1 aliphatic carbocycles. The summed E-state index contributed by atoms with van der Waals surface area (Å²) in [6.45, 7) is 6.05. The molecule has 0 aliphatic heterocycles. The van der Waals surface area contributed by atoms with Crippen LogP contribution in [0.1, 0.15) is 58.9 Å². The lowest BCUT2D eigenvalue weighted by molar-refractivity contribution is -0.127. The van der Waals surface area contributed by atoms with Crippen LogP contribution in [0.2, 0.25) is 0 Å². The van der Waals surface area contributed by atoms with Crippen molar-refractivity contribution in [1.29, 1.82) is 0 Å². The van der Waals surface area contributed by atoms with Gasteiger partial charge in [-0.1, -0.05) is 66.9 Å². The van der Waals surface area contributed by atoms with E-state index in [-0.39, 0.29) is 24.3 Å². The fourth-order valence-corrected chi connectivity index (χ4v) is 5.44. The molecule has 1 heterocycles. The van der Waals surface area contributed by atoms with E-state index in [0.717, 1.165) is 58.5 Å². The standard InChI is InChI=1S/C28H32N2O2S/c1-19-13-15-22(16-14-19)27(28(32)29-23-10-4-5-11-23)30(25(31)18-24-12-7-17-33-24)26-20(2)8-6-9-21(26)3/h6-9,12-17,23,27H,4-5,10-11,18H2,1-3H3,(H,29,32)/t27-/m0/s1. The average Bonchev–Trinajstić information content (AvgIpc) is 3.48. The van der Waals surface area contributed by atoms with Crippen LogP contribution in [0.5, 0.6) is 0 Å². The molecule has 4 nitrogen and oxygen atoms in total. The van der Waals surface area contributed by atoms with E-state index >= 15 is 0 Å². The minimum Gasteiger partial charge on any atom is -0.351 e. The molecule has 172 valence electrons. The molecule has 0 bridgehead atoms. The highest BCUT2D eigenvalue weighted by atomic mass is 32.1. The van der Waals surface area contributed by atoms with Crippen LogP contribution in [0.25, 0.3) is 0 Å². The monoisotopic (exact) mass is 460 g/mol. The van der Waals surface area contributed by atoms with Gasteiger partial charge in [-0.2, -0.15) is 0 Å². The normalized spacial score (nSPS) is 14.8. The highest BCUT2D eigenvalue weighted by molar-refractivity contribution is 7.10. The number of carbonyl (C=O) groups is 2. The van der Waals surface area contributed by atoms with Crippen LogP contribution >= 0.6 is 11.3 Å². The fourth-order valence-electron chi connectivity index (χ4n) is 4.75. The van der Waals surface area contributed by atoms with Crippen LogP contribution in [0.3, 0.4) is 0 Å². The largest absolute Gasteiger partial charge is 0.351 e. The number of amides is 2. The van der Waals surface area contributed by atoms with Gasteiger partial charge in [0.2, 0.25) is 11.8 Å². The molecule has 1 atom stereocenters. The number of benzene rings is 2. The molecule has 5 heteroatoms. The summed E-state index contributed by atoms with van der Waals surface area (Å²) in [4.78, 5) is 30.5. The Morgan fingerprint density at radius 1 is 0.970 bits per heavy atom. The third kappa shape index (κ3) is 5.36. The van der Waals surface area contributed by atoms with Crippen molar-refractivity contribution in [2.24, 2.45) is 0 Å². The second-order valence-electron chi connectivity index (χ2n) is 9.06. The zero-order valence-electron chi connectivity index (χ0n) is 19.6. The van der Waals surface area contributed by atoms with E-state index in [1.807, 2.05) is 80.7 Å². The SMILES string of the molecule is Cc1ccc([C@@H](C(=O)NC2CCCC2)N(C(=O)Cc2cccs2)c2c(C)cccc2C)cc1. The predicted octanol–water partition coefficient (Wildman–Crippen LogP) is 6.05. The number of hydrogen-bond acceptors (Lipinski definition) is 3. The zero-order valence-corrected chi connectivity index (χ0v) is 20.5. The summed E-state index contributed by atoms with van der Waals surface area (Å²) >= 11 is 1.57. The number of thiophene rings is 1. The van der Waals surface area contributed by atoms with Gasteiger partial charge in [-0.25, -0.2) is 0 Å². The number of nitrogens with one attached hydrogen (secondary N) is 1. The number of rotatable bonds is 7. The second kappa shape index (κ2) is 10.3. The molecule has 0 saturated heterocycles. The summed E-state index contributed by atoms with van der Waals surface area (Å²) < 4.78 is 0. The van der Waals surface area contributed by atoms with Crippen molar-refractivity contribution in [3.05, 3.63) is 87.1 Å². The van der Waals surface area contributed by atoms with E-state index in [1.54, 1.807) is 16.2 Å². The Hall–Kier alpha value is -2.92. The molecule has 33 heavy (non-hydrogen) atoms. The molecule has 0 unspecified atom stereocenters. The van der Waals surface area contributed by atoms with E-state index in [0.29, 0.717) is 0 Å². The number of carbonyl (C=O) groups excluding carboxylic acids is 2. The molecule has 1 N–H and O–H groups in total. The van der Waals surface area contributed by atoms with Gasteiger partial charge in [-0.15, -0.1) is 11.3 Å². The Morgan fingerprint density at radius 2 is 1.64 bits per heavy atom. The van der Waals surface area contributed by atoms with Crippen LogP contribution in [0, 0.1) is 20.8 Å². The van der Waals surface area contributed by atoms with Crippen molar-refractivity contribution in [2.75, 3.05) is 4.90 Å². The lowest BCUT2D eigenvalue weighted by Crippen LogP contribution is -2.47. The maximum absolute atomic E-state index is 13.9. The first-order valence-corrected chi connectivity index (χ1v) is 12.6. The Labute approximate surface area is 200 Å². The molecule has 2 aromatic carbocycles. The Morgan fingerprint density at radius 3 is 2.24 bits per heavy atom. The lowest BCUT2D eigenvalue weighted by atomic mass is 9.98. The maximum Gasteiger partial charge on any atom is 0.248 e. The number of para-hydroxylation sites is 1. The number of anilines is 1. The van der Waals surface area contributed by atoms with Gasteiger partial charge in [0.05, 0.1) is 12.1 Å². The summed E-state index contributed by atoms with van der Waals surface area (Å²) in [5.74, 6) is -0.171. The molecule has 3 aromatic rings. The molecule has 0 radical (unpaired) electrons. The number of hydrogen-bond donors (Lipinski definition) is 1. The van der Waals surface area contributed by atoms with Crippen LogP contribution in [0.15, 0.2) is 60.0 Å². The number of nitrogens with zero attached hydrogens (tertiary/aromatic N) is 1. The minimum absolute atomic E-state index is 0.0676. The van der Waals surface area contributed by atoms with E-state index in [9.17, 15) is 9.59 Å². The molecule has 1 fully saturated rings. The molecule has 1 aromatic heterocycles. The van der Waals surface area contributed by atoms with Crippen molar-refractivity contribution >= 4 is 28.8 Å². The van der Waals surface area contributed by atoms with Crippen LogP contribution in [0.4, 0.5) is 5.69 Å². The fraction of sp³-hybridized carbons (Fsp3) is 0.357. The quantitative estimate of drug-likeness (QED) is 0.467. The van der Waals surface area contributed by atoms with E-state index in [2.05, 4.69) is 5.32 Å². The van der Waals surface area contributed by atoms with Gasteiger partial charge in [-0.05, 0) is 61.7 Å².